The van der Waals surface area contributed by atoms with Crippen LogP contribution in [-0.2, 0) is 10.8 Å². The molecule has 5 rings (SSSR count). The van der Waals surface area contributed by atoms with E-state index in [1.165, 1.54) is 51.4 Å². The first-order valence-electron chi connectivity index (χ1n) is 11.1. The van der Waals surface area contributed by atoms with Crippen molar-refractivity contribution in [3.05, 3.63) is 70.7 Å². The normalized spacial score (nSPS) is 19.7. The molecule has 0 unspecified atom stereocenters. The Bertz CT molecular complexity index is 1180. The zero-order valence-corrected chi connectivity index (χ0v) is 20.7. The largest absolute Gasteiger partial charge is 0.113 e. The average molecular weight is 431 g/mol. The third-order valence-corrected chi connectivity index (χ3v) is 11.7. The molecule has 0 saturated carbocycles. The van der Waals surface area contributed by atoms with Crippen LogP contribution in [0.2, 0.25) is 18.1 Å². The van der Waals surface area contributed by atoms with Crippen LogP contribution < -0.4 is 10.4 Å². The first-order valence-corrected chi connectivity index (χ1v) is 14.5. The van der Waals surface area contributed by atoms with Crippen molar-refractivity contribution >= 4 is 30.0 Å². The van der Waals surface area contributed by atoms with E-state index in [2.05, 4.69) is 95.4 Å². The van der Waals surface area contributed by atoms with Crippen molar-refractivity contribution in [2.45, 2.75) is 64.5 Å². The Labute approximate surface area is 187 Å². The van der Waals surface area contributed by atoms with Crippen LogP contribution in [0.3, 0.4) is 0 Å². The second kappa shape index (κ2) is 6.34. The van der Waals surface area contributed by atoms with E-state index >= 15 is 0 Å². The molecule has 0 aromatic heterocycles. The maximum Gasteiger partial charge on any atom is 0.113 e. The molecule has 2 aliphatic rings. The third-order valence-electron chi connectivity index (χ3n) is 7.83. The minimum absolute atomic E-state index is 0.182. The summed E-state index contributed by atoms with van der Waals surface area (Å²) in [6.07, 6.45) is 2.42. The van der Waals surface area contributed by atoms with Crippen LogP contribution in [-0.4, -0.2) is 8.07 Å². The summed E-state index contributed by atoms with van der Waals surface area (Å²) in [4.78, 5) is 0. The van der Waals surface area contributed by atoms with Crippen molar-refractivity contribution < 1.29 is 0 Å². The lowest BCUT2D eigenvalue weighted by Gasteiger charge is -2.42. The Hall–Kier alpha value is -1.83. The smallest absolute Gasteiger partial charge is 0.0837 e. The van der Waals surface area contributed by atoms with Gasteiger partial charge in [0.05, 0.1) is 0 Å². The molecule has 0 amide bonds. The van der Waals surface area contributed by atoms with Gasteiger partial charge in [-0.25, -0.2) is 0 Å². The van der Waals surface area contributed by atoms with Crippen molar-refractivity contribution in [1.82, 2.24) is 0 Å². The summed E-state index contributed by atoms with van der Waals surface area (Å²) in [5, 5.41) is 3.97. The minimum Gasteiger partial charge on any atom is -0.0837 e. The van der Waals surface area contributed by atoms with Crippen molar-refractivity contribution in [3.63, 3.8) is 0 Å². The monoisotopic (exact) mass is 430 g/mol. The molecular weight excluding hydrogens is 400 g/mol. The Morgan fingerprint density at radius 1 is 0.700 bits per heavy atom. The first kappa shape index (κ1) is 20.1. The summed E-state index contributed by atoms with van der Waals surface area (Å²) < 4.78 is 0. The van der Waals surface area contributed by atoms with E-state index < -0.39 is 8.07 Å². The van der Waals surface area contributed by atoms with Crippen molar-refractivity contribution in [2.75, 3.05) is 0 Å². The Balaban J connectivity index is 1.70. The summed E-state index contributed by atoms with van der Waals surface area (Å²) in [5.74, 6) is 0. The number of rotatable bonds is 1. The fraction of sp³-hybridized carbons (Fsp3) is 0.357. The highest BCUT2D eigenvalue weighted by atomic mass is 35.5. The minimum atomic E-state index is -1.69. The molecule has 0 radical (unpaired) electrons. The van der Waals surface area contributed by atoms with Gasteiger partial charge in [-0.05, 0) is 74.0 Å². The van der Waals surface area contributed by atoms with Gasteiger partial charge in [-0.1, -0.05) is 94.9 Å². The van der Waals surface area contributed by atoms with E-state index in [4.69, 9.17) is 11.6 Å². The van der Waals surface area contributed by atoms with E-state index in [1.807, 2.05) is 0 Å². The zero-order valence-electron chi connectivity index (χ0n) is 19.0. The van der Waals surface area contributed by atoms with Gasteiger partial charge in [0.25, 0.3) is 0 Å². The lowest BCUT2D eigenvalue weighted by atomic mass is 9.63. The molecule has 0 bridgehead atoms. The fourth-order valence-electron chi connectivity index (χ4n) is 5.68. The third kappa shape index (κ3) is 2.78. The predicted octanol–water partition coefficient (Wildman–Crippen LogP) is 7.16. The number of hydrogen-bond donors (Lipinski definition) is 0. The van der Waals surface area contributed by atoms with Crippen molar-refractivity contribution in [1.29, 1.82) is 0 Å². The van der Waals surface area contributed by atoms with Gasteiger partial charge < -0.3 is 0 Å². The van der Waals surface area contributed by atoms with Crippen LogP contribution in [0.5, 0.6) is 0 Å². The molecule has 0 atom stereocenters. The van der Waals surface area contributed by atoms with E-state index in [-0.39, 0.29) is 10.8 Å². The lowest BCUT2D eigenvalue weighted by molar-refractivity contribution is 0.332. The summed E-state index contributed by atoms with van der Waals surface area (Å²) in [7, 11) is -1.69. The van der Waals surface area contributed by atoms with E-state index in [0.29, 0.717) is 0 Å². The molecule has 3 aromatic rings. The quantitative estimate of drug-likeness (QED) is 0.359. The van der Waals surface area contributed by atoms with Gasteiger partial charge in [-0.3, -0.25) is 0 Å². The molecule has 0 spiro atoms. The van der Waals surface area contributed by atoms with Crippen LogP contribution in [0.25, 0.3) is 22.3 Å². The molecular formula is C28H31ClSi. The predicted molar refractivity (Wildman–Crippen MR) is 134 cm³/mol. The molecule has 0 fully saturated rings. The number of benzene rings is 3. The highest BCUT2D eigenvalue weighted by Crippen LogP contribution is 2.48. The van der Waals surface area contributed by atoms with Crippen LogP contribution in [0.1, 0.15) is 51.7 Å². The first-order chi connectivity index (χ1) is 14.0. The SMILES string of the molecule is CC1(C)CCC(C)(C)c2cc(-c3ccc4c(c3)[Si](C)(C)c3ccccc3-4)c(Cl)cc21. The van der Waals surface area contributed by atoms with Gasteiger partial charge >= 0.3 is 0 Å². The Morgan fingerprint density at radius 3 is 2.00 bits per heavy atom. The highest BCUT2D eigenvalue weighted by molar-refractivity contribution is 7.03. The van der Waals surface area contributed by atoms with Gasteiger partial charge in [-0.15, -0.1) is 0 Å². The average Bonchev–Trinajstić information content (AvgIpc) is 2.93. The van der Waals surface area contributed by atoms with Crippen LogP contribution in [0, 0.1) is 0 Å². The molecule has 1 heterocycles. The van der Waals surface area contributed by atoms with Crippen LogP contribution in [0.15, 0.2) is 54.6 Å². The maximum absolute atomic E-state index is 6.94. The highest BCUT2D eigenvalue weighted by Gasteiger charge is 2.39. The van der Waals surface area contributed by atoms with Crippen molar-refractivity contribution in [3.8, 4) is 22.3 Å². The van der Waals surface area contributed by atoms with Crippen molar-refractivity contribution in [2.24, 2.45) is 0 Å². The van der Waals surface area contributed by atoms with Gasteiger partial charge in [0.2, 0.25) is 0 Å². The topological polar surface area (TPSA) is 0 Å². The lowest BCUT2D eigenvalue weighted by Crippen LogP contribution is -2.49. The second-order valence-electron chi connectivity index (χ2n) is 11.1. The summed E-state index contributed by atoms with van der Waals surface area (Å²) >= 11 is 6.94. The number of hydrogen-bond acceptors (Lipinski definition) is 0. The number of fused-ring (bicyclic) bond motifs is 4. The summed E-state index contributed by atoms with van der Waals surface area (Å²) in [5.41, 5.74) is 8.55. The number of halogens is 1. The van der Waals surface area contributed by atoms with E-state index in [0.717, 1.165) is 5.02 Å². The molecule has 0 N–H and O–H groups in total. The van der Waals surface area contributed by atoms with Crippen LogP contribution >= 0.6 is 11.6 Å². The summed E-state index contributed by atoms with van der Waals surface area (Å²) in [6.45, 7) is 14.4. The molecule has 0 saturated heterocycles. The molecule has 3 aromatic carbocycles. The summed E-state index contributed by atoms with van der Waals surface area (Å²) in [6, 6.07) is 20.7. The molecule has 1 aliphatic carbocycles. The Morgan fingerprint density at radius 2 is 1.30 bits per heavy atom. The molecule has 0 nitrogen and oxygen atoms in total. The van der Waals surface area contributed by atoms with Gasteiger partial charge in [-0.2, -0.15) is 0 Å². The molecule has 30 heavy (non-hydrogen) atoms. The van der Waals surface area contributed by atoms with E-state index in [1.54, 1.807) is 5.19 Å². The molecule has 154 valence electrons. The van der Waals surface area contributed by atoms with Gasteiger partial charge in [0.1, 0.15) is 8.07 Å². The zero-order chi connectivity index (χ0) is 21.5. The van der Waals surface area contributed by atoms with Crippen LogP contribution in [0.4, 0.5) is 0 Å². The molecule has 2 heteroatoms. The maximum atomic E-state index is 6.94. The molecule has 1 aliphatic heterocycles. The Kier molecular flexibility index (Phi) is 4.25. The van der Waals surface area contributed by atoms with E-state index in [9.17, 15) is 0 Å². The standard InChI is InChI=1S/C28H31ClSi/c1-27(2)13-14-28(3,4)23-17-24(29)21(16-22(23)27)18-11-12-20-19-9-7-8-10-25(19)30(5,6)26(20)15-18/h7-12,15-17H,13-14H2,1-6H3. The van der Waals surface area contributed by atoms with Gasteiger partial charge in [0, 0.05) is 10.6 Å². The fourth-order valence-corrected chi connectivity index (χ4v) is 9.06. The van der Waals surface area contributed by atoms with Gasteiger partial charge in [0.15, 0.2) is 0 Å². The second-order valence-corrected chi connectivity index (χ2v) is 15.8.